The maximum Gasteiger partial charge on any atom is 0.252 e. The number of benzene rings is 2. The first kappa shape index (κ1) is 19.1. The van der Waals surface area contributed by atoms with Crippen molar-refractivity contribution in [2.24, 2.45) is 0 Å². The van der Waals surface area contributed by atoms with Crippen LogP contribution in [0.15, 0.2) is 34.8 Å². The van der Waals surface area contributed by atoms with Crippen molar-refractivity contribution in [2.75, 3.05) is 21.3 Å². The Morgan fingerprint density at radius 1 is 1.00 bits per heavy atom. The van der Waals surface area contributed by atoms with E-state index in [0.717, 1.165) is 16.9 Å². The second kappa shape index (κ2) is 8.25. The molecule has 2 aromatic carbocycles. The number of rotatable bonds is 6. The Hall–Kier alpha value is -2.21. The lowest BCUT2D eigenvalue weighted by atomic mass is 10.0. The van der Waals surface area contributed by atoms with Gasteiger partial charge in [0.2, 0.25) is 0 Å². The minimum Gasteiger partial charge on any atom is -0.496 e. The van der Waals surface area contributed by atoms with E-state index in [9.17, 15) is 4.79 Å². The first-order valence-corrected chi connectivity index (χ1v) is 8.57. The molecule has 0 spiro atoms. The molecule has 0 aliphatic heterocycles. The summed E-state index contributed by atoms with van der Waals surface area (Å²) in [4.78, 5) is 12.7. The van der Waals surface area contributed by atoms with Gasteiger partial charge < -0.3 is 19.5 Å². The molecule has 1 N–H and O–H groups in total. The van der Waals surface area contributed by atoms with Gasteiger partial charge in [0.1, 0.15) is 21.7 Å². The number of hydrogen-bond acceptors (Lipinski definition) is 4. The predicted molar refractivity (Wildman–Crippen MR) is 101 cm³/mol. The Bertz CT molecular complexity index is 751. The van der Waals surface area contributed by atoms with Crippen LogP contribution < -0.4 is 19.5 Å². The number of hydrogen-bond donors (Lipinski definition) is 1. The number of nitrogens with one attached hydrogen (secondary N) is 1. The Morgan fingerprint density at radius 2 is 1.56 bits per heavy atom. The smallest absolute Gasteiger partial charge is 0.252 e. The second-order valence-corrected chi connectivity index (χ2v) is 6.43. The third-order valence-corrected chi connectivity index (χ3v) is 4.69. The molecule has 0 aliphatic rings. The van der Waals surface area contributed by atoms with Crippen molar-refractivity contribution in [3.05, 3.63) is 51.5 Å². The average molecular weight is 408 g/mol. The third kappa shape index (κ3) is 4.25. The number of aryl methyl sites for hydroxylation is 1. The number of methoxy groups -OCH3 is 3. The molecule has 0 saturated heterocycles. The lowest BCUT2D eigenvalue weighted by molar-refractivity contribution is 0.0938. The van der Waals surface area contributed by atoms with Gasteiger partial charge in [-0.25, -0.2) is 0 Å². The van der Waals surface area contributed by atoms with Crippen molar-refractivity contribution in [3.63, 3.8) is 0 Å². The fraction of sp³-hybridized carbons (Fsp3) is 0.316. The molecule has 0 heterocycles. The SMILES string of the molecule is COc1ccc(C)cc1[C@H](C)NC(=O)c1cc(OC)c(Br)c(OC)c1. The van der Waals surface area contributed by atoms with Gasteiger partial charge >= 0.3 is 0 Å². The number of carbonyl (C=O) groups is 1. The fourth-order valence-corrected chi connectivity index (χ4v) is 3.10. The monoisotopic (exact) mass is 407 g/mol. The zero-order chi connectivity index (χ0) is 18.6. The molecule has 2 aromatic rings. The van der Waals surface area contributed by atoms with Gasteiger partial charge in [0, 0.05) is 11.1 Å². The number of amides is 1. The number of carbonyl (C=O) groups excluding carboxylic acids is 1. The molecule has 0 aromatic heterocycles. The minimum atomic E-state index is -0.222. The van der Waals surface area contributed by atoms with Crippen molar-refractivity contribution in [2.45, 2.75) is 19.9 Å². The molecule has 0 radical (unpaired) electrons. The van der Waals surface area contributed by atoms with Gasteiger partial charge in [0.05, 0.1) is 27.4 Å². The Labute approximate surface area is 156 Å². The summed E-state index contributed by atoms with van der Waals surface area (Å²) in [5, 5.41) is 2.99. The van der Waals surface area contributed by atoms with Crippen LogP contribution in [0.2, 0.25) is 0 Å². The summed E-state index contributed by atoms with van der Waals surface area (Å²) in [6, 6.07) is 9.00. The molecule has 1 atom stereocenters. The molecule has 134 valence electrons. The summed E-state index contributed by atoms with van der Waals surface area (Å²) in [7, 11) is 4.70. The van der Waals surface area contributed by atoms with E-state index in [0.29, 0.717) is 21.5 Å². The maximum atomic E-state index is 12.7. The standard InChI is InChI=1S/C19H22BrNO4/c1-11-6-7-15(23-3)14(8-11)12(2)21-19(22)13-9-16(24-4)18(20)17(10-13)25-5/h6-10,12H,1-5H3,(H,21,22)/t12-/m0/s1. The molecule has 2 rings (SSSR count). The molecule has 0 unspecified atom stereocenters. The largest absolute Gasteiger partial charge is 0.496 e. The van der Waals surface area contributed by atoms with E-state index in [1.165, 1.54) is 0 Å². The van der Waals surface area contributed by atoms with Crippen molar-refractivity contribution in [1.29, 1.82) is 0 Å². The van der Waals surface area contributed by atoms with Crippen molar-refractivity contribution < 1.29 is 19.0 Å². The van der Waals surface area contributed by atoms with Gasteiger partial charge in [-0.1, -0.05) is 17.7 Å². The zero-order valence-corrected chi connectivity index (χ0v) is 16.6. The molecule has 0 bridgehead atoms. The van der Waals surface area contributed by atoms with Crippen LogP contribution in [0.1, 0.15) is 34.5 Å². The van der Waals surface area contributed by atoms with E-state index in [4.69, 9.17) is 14.2 Å². The van der Waals surface area contributed by atoms with E-state index in [2.05, 4.69) is 21.2 Å². The number of halogens is 1. The molecular formula is C19H22BrNO4. The highest BCUT2D eigenvalue weighted by Crippen LogP contribution is 2.36. The molecule has 1 amide bonds. The van der Waals surface area contributed by atoms with Gasteiger partial charge in [-0.3, -0.25) is 4.79 Å². The van der Waals surface area contributed by atoms with Crippen LogP contribution in [-0.4, -0.2) is 27.2 Å². The highest BCUT2D eigenvalue weighted by Gasteiger charge is 2.18. The van der Waals surface area contributed by atoms with Crippen LogP contribution in [0, 0.1) is 6.92 Å². The van der Waals surface area contributed by atoms with Gasteiger partial charge in [0.25, 0.3) is 5.91 Å². The van der Waals surface area contributed by atoms with E-state index in [-0.39, 0.29) is 11.9 Å². The maximum absolute atomic E-state index is 12.7. The van der Waals surface area contributed by atoms with Crippen LogP contribution in [0.4, 0.5) is 0 Å². The summed E-state index contributed by atoms with van der Waals surface area (Å²) in [6.45, 7) is 3.92. The summed E-state index contributed by atoms with van der Waals surface area (Å²) >= 11 is 3.40. The van der Waals surface area contributed by atoms with Crippen molar-refractivity contribution in [3.8, 4) is 17.2 Å². The summed E-state index contributed by atoms with van der Waals surface area (Å²) in [6.07, 6.45) is 0. The Morgan fingerprint density at radius 3 is 2.08 bits per heavy atom. The normalized spacial score (nSPS) is 11.6. The molecule has 0 fully saturated rings. The summed E-state index contributed by atoms with van der Waals surface area (Å²) < 4.78 is 16.7. The van der Waals surface area contributed by atoms with Crippen LogP contribution in [-0.2, 0) is 0 Å². The van der Waals surface area contributed by atoms with Crippen LogP contribution in [0.25, 0.3) is 0 Å². The minimum absolute atomic E-state index is 0.219. The first-order chi connectivity index (χ1) is 11.9. The molecule has 0 saturated carbocycles. The molecule has 25 heavy (non-hydrogen) atoms. The Balaban J connectivity index is 2.29. The van der Waals surface area contributed by atoms with E-state index in [1.807, 2.05) is 32.0 Å². The zero-order valence-electron chi connectivity index (χ0n) is 15.0. The number of ether oxygens (including phenoxy) is 3. The molecule has 5 nitrogen and oxygen atoms in total. The summed E-state index contributed by atoms with van der Waals surface area (Å²) in [5.41, 5.74) is 2.48. The van der Waals surface area contributed by atoms with E-state index < -0.39 is 0 Å². The van der Waals surface area contributed by atoms with Crippen molar-refractivity contribution in [1.82, 2.24) is 5.32 Å². The topological polar surface area (TPSA) is 56.8 Å². The average Bonchev–Trinajstić information content (AvgIpc) is 2.61. The van der Waals surface area contributed by atoms with E-state index >= 15 is 0 Å². The van der Waals surface area contributed by atoms with Crippen LogP contribution in [0.5, 0.6) is 17.2 Å². The van der Waals surface area contributed by atoms with Gasteiger partial charge in [0.15, 0.2) is 0 Å². The third-order valence-electron chi connectivity index (χ3n) is 3.91. The highest BCUT2D eigenvalue weighted by atomic mass is 79.9. The fourth-order valence-electron chi connectivity index (χ4n) is 2.55. The Kier molecular flexibility index (Phi) is 6.31. The molecule has 6 heteroatoms. The quantitative estimate of drug-likeness (QED) is 0.776. The second-order valence-electron chi connectivity index (χ2n) is 5.64. The first-order valence-electron chi connectivity index (χ1n) is 7.78. The van der Waals surface area contributed by atoms with Gasteiger partial charge in [-0.2, -0.15) is 0 Å². The van der Waals surface area contributed by atoms with E-state index in [1.54, 1.807) is 33.5 Å². The lowest BCUT2D eigenvalue weighted by Crippen LogP contribution is -2.27. The van der Waals surface area contributed by atoms with Crippen LogP contribution >= 0.6 is 15.9 Å². The van der Waals surface area contributed by atoms with Gasteiger partial charge in [-0.05, 0) is 48.0 Å². The molecular weight excluding hydrogens is 386 g/mol. The highest BCUT2D eigenvalue weighted by molar-refractivity contribution is 9.10. The predicted octanol–water partition coefficient (Wildman–Crippen LogP) is 4.27. The van der Waals surface area contributed by atoms with Crippen LogP contribution in [0.3, 0.4) is 0 Å². The molecule has 0 aliphatic carbocycles. The van der Waals surface area contributed by atoms with Crippen molar-refractivity contribution >= 4 is 21.8 Å². The summed E-state index contributed by atoms with van der Waals surface area (Å²) in [5.74, 6) is 1.58. The lowest BCUT2D eigenvalue weighted by Gasteiger charge is -2.19. The van der Waals surface area contributed by atoms with Gasteiger partial charge in [-0.15, -0.1) is 0 Å².